The number of imidazole rings is 1. The van der Waals surface area contributed by atoms with Crippen LogP contribution >= 0.6 is 15.9 Å². The first kappa shape index (κ1) is 21.2. The lowest BCUT2D eigenvalue weighted by Crippen LogP contribution is -2.11. The fourth-order valence-electron chi connectivity index (χ4n) is 3.95. The molecule has 1 aromatic heterocycles. The normalized spacial score (nSPS) is 10.9. The summed E-state index contributed by atoms with van der Waals surface area (Å²) < 4.78 is 3.12. The zero-order valence-electron chi connectivity index (χ0n) is 17.9. The molecular weight excluding hydrogens is 474 g/mol. The predicted molar refractivity (Wildman–Crippen MR) is 137 cm³/mol. The van der Waals surface area contributed by atoms with Crippen molar-refractivity contribution < 1.29 is 4.79 Å². The maximum Gasteiger partial charge on any atom is 0.255 e. The van der Waals surface area contributed by atoms with Crippen LogP contribution in [-0.2, 0) is 12.8 Å². The molecule has 5 heteroatoms. The van der Waals surface area contributed by atoms with Crippen LogP contribution in [0, 0.1) is 0 Å². The molecule has 0 aliphatic heterocycles. The number of carbonyl (C=O) groups is 1. The van der Waals surface area contributed by atoms with Crippen molar-refractivity contribution in [2.24, 2.45) is 0 Å². The van der Waals surface area contributed by atoms with Crippen LogP contribution in [0.5, 0.6) is 0 Å². The van der Waals surface area contributed by atoms with Crippen molar-refractivity contribution in [2.75, 3.05) is 5.32 Å². The lowest BCUT2D eigenvalue weighted by Gasteiger charge is -2.10. The number of nitrogens with zero attached hydrogens (tertiary/aromatic N) is 2. The number of halogens is 1. The van der Waals surface area contributed by atoms with Crippen molar-refractivity contribution in [3.63, 3.8) is 0 Å². The highest BCUT2D eigenvalue weighted by atomic mass is 79.9. The van der Waals surface area contributed by atoms with E-state index < -0.39 is 0 Å². The number of anilines is 1. The van der Waals surface area contributed by atoms with Crippen LogP contribution in [0.1, 0.15) is 21.7 Å². The Labute approximate surface area is 201 Å². The Kier molecular flexibility index (Phi) is 6.05. The number of hydrogen-bond acceptors (Lipinski definition) is 2. The molecule has 0 bridgehead atoms. The Balaban J connectivity index is 1.32. The van der Waals surface area contributed by atoms with Crippen LogP contribution in [0.3, 0.4) is 0 Å². The van der Waals surface area contributed by atoms with Crippen molar-refractivity contribution in [3.05, 3.63) is 125 Å². The SMILES string of the molecule is O=C(Nc1ccc(CCc2nc3ccccc3n2-c2ccccc2)cc1)c1cccc(Br)c1. The third kappa shape index (κ3) is 4.73. The molecule has 162 valence electrons. The fourth-order valence-corrected chi connectivity index (χ4v) is 4.35. The summed E-state index contributed by atoms with van der Waals surface area (Å²) >= 11 is 3.41. The molecule has 4 nitrogen and oxygen atoms in total. The Bertz CT molecular complexity index is 1410. The van der Waals surface area contributed by atoms with E-state index in [-0.39, 0.29) is 5.91 Å². The molecule has 0 aliphatic rings. The zero-order chi connectivity index (χ0) is 22.6. The van der Waals surface area contributed by atoms with Crippen LogP contribution in [0.15, 0.2) is 108 Å². The van der Waals surface area contributed by atoms with E-state index in [4.69, 9.17) is 4.98 Å². The van der Waals surface area contributed by atoms with Crippen LogP contribution < -0.4 is 5.32 Å². The number of amides is 1. The van der Waals surface area contributed by atoms with Gasteiger partial charge < -0.3 is 5.32 Å². The second kappa shape index (κ2) is 9.43. The van der Waals surface area contributed by atoms with Gasteiger partial charge in [-0.15, -0.1) is 0 Å². The van der Waals surface area contributed by atoms with Crippen molar-refractivity contribution >= 4 is 38.6 Å². The van der Waals surface area contributed by atoms with Crippen LogP contribution in [0.2, 0.25) is 0 Å². The summed E-state index contributed by atoms with van der Waals surface area (Å²) in [7, 11) is 0. The lowest BCUT2D eigenvalue weighted by atomic mass is 10.1. The molecular formula is C28H22BrN3O. The van der Waals surface area contributed by atoms with Gasteiger partial charge in [0.15, 0.2) is 0 Å². The van der Waals surface area contributed by atoms with Gasteiger partial charge in [0.05, 0.1) is 11.0 Å². The monoisotopic (exact) mass is 495 g/mol. The summed E-state index contributed by atoms with van der Waals surface area (Å²) in [5.74, 6) is 0.912. The summed E-state index contributed by atoms with van der Waals surface area (Å²) in [4.78, 5) is 17.4. The Morgan fingerprint density at radius 2 is 1.58 bits per heavy atom. The fraction of sp³-hybridized carbons (Fsp3) is 0.0714. The van der Waals surface area contributed by atoms with Gasteiger partial charge in [-0.25, -0.2) is 4.98 Å². The molecule has 33 heavy (non-hydrogen) atoms. The van der Waals surface area contributed by atoms with E-state index in [1.165, 1.54) is 5.56 Å². The Hall–Kier alpha value is -3.70. The molecule has 0 saturated carbocycles. The quantitative estimate of drug-likeness (QED) is 0.280. The molecule has 4 aromatic carbocycles. The van der Waals surface area contributed by atoms with Gasteiger partial charge in [-0.05, 0) is 66.6 Å². The second-order valence-corrected chi connectivity index (χ2v) is 8.76. The van der Waals surface area contributed by atoms with Crippen molar-refractivity contribution in [1.82, 2.24) is 9.55 Å². The first-order valence-electron chi connectivity index (χ1n) is 10.8. The van der Waals surface area contributed by atoms with Gasteiger partial charge in [0.1, 0.15) is 5.82 Å². The van der Waals surface area contributed by atoms with E-state index in [2.05, 4.69) is 74.3 Å². The largest absolute Gasteiger partial charge is 0.322 e. The van der Waals surface area contributed by atoms with E-state index >= 15 is 0 Å². The molecule has 1 amide bonds. The van der Waals surface area contributed by atoms with Crippen LogP contribution in [-0.4, -0.2) is 15.5 Å². The van der Waals surface area contributed by atoms with E-state index in [1.807, 2.05) is 48.5 Å². The van der Waals surface area contributed by atoms with Gasteiger partial charge in [0.2, 0.25) is 0 Å². The minimum Gasteiger partial charge on any atom is -0.322 e. The third-order valence-corrected chi connectivity index (χ3v) is 6.07. The molecule has 0 unspecified atom stereocenters. The number of aryl methyl sites for hydroxylation is 2. The summed E-state index contributed by atoms with van der Waals surface area (Å²) in [5.41, 5.74) is 5.83. The van der Waals surface area contributed by atoms with Crippen LogP contribution in [0.4, 0.5) is 5.69 Å². The first-order valence-corrected chi connectivity index (χ1v) is 11.6. The number of carbonyl (C=O) groups excluding carboxylic acids is 1. The molecule has 0 spiro atoms. The van der Waals surface area contributed by atoms with Gasteiger partial charge in [-0.3, -0.25) is 9.36 Å². The molecule has 1 heterocycles. The minimum atomic E-state index is -0.124. The molecule has 0 radical (unpaired) electrons. The summed E-state index contributed by atoms with van der Waals surface area (Å²) in [6.07, 6.45) is 1.67. The Morgan fingerprint density at radius 3 is 2.36 bits per heavy atom. The summed E-state index contributed by atoms with van der Waals surface area (Å²) in [6.45, 7) is 0. The highest BCUT2D eigenvalue weighted by Crippen LogP contribution is 2.23. The van der Waals surface area contributed by atoms with Crippen molar-refractivity contribution in [3.8, 4) is 5.69 Å². The summed E-state index contributed by atoms with van der Waals surface area (Å²) in [6, 6.07) is 34.0. The smallest absolute Gasteiger partial charge is 0.255 e. The molecule has 0 fully saturated rings. The average Bonchev–Trinajstić information content (AvgIpc) is 3.22. The van der Waals surface area contributed by atoms with Gasteiger partial charge in [-0.2, -0.15) is 0 Å². The molecule has 0 saturated heterocycles. The summed E-state index contributed by atoms with van der Waals surface area (Å²) in [5, 5.41) is 2.96. The standard InChI is InChI=1S/C28H22BrN3O/c29-22-8-6-7-21(19-22)28(33)30-23-16-13-20(14-17-23)15-18-27-31-25-11-4-5-12-26(25)32(27)24-9-2-1-3-10-24/h1-14,16-17,19H,15,18H2,(H,30,33). The highest BCUT2D eigenvalue weighted by molar-refractivity contribution is 9.10. The van der Waals surface area contributed by atoms with Gasteiger partial charge >= 0.3 is 0 Å². The number of fused-ring (bicyclic) bond motifs is 1. The maximum absolute atomic E-state index is 12.5. The number of hydrogen-bond donors (Lipinski definition) is 1. The molecule has 0 atom stereocenters. The third-order valence-electron chi connectivity index (χ3n) is 5.58. The minimum absolute atomic E-state index is 0.124. The topological polar surface area (TPSA) is 46.9 Å². The van der Waals surface area contributed by atoms with Gasteiger partial charge in [0.25, 0.3) is 5.91 Å². The molecule has 5 aromatic rings. The molecule has 5 rings (SSSR count). The maximum atomic E-state index is 12.5. The number of para-hydroxylation sites is 3. The number of rotatable bonds is 6. The van der Waals surface area contributed by atoms with Crippen molar-refractivity contribution in [1.29, 1.82) is 0 Å². The van der Waals surface area contributed by atoms with Gasteiger partial charge in [0, 0.05) is 27.8 Å². The Morgan fingerprint density at radius 1 is 0.818 bits per heavy atom. The first-order chi connectivity index (χ1) is 16.2. The van der Waals surface area contributed by atoms with Gasteiger partial charge in [-0.1, -0.05) is 64.5 Å². The average molecular weight is 496 g/mol. The van der Waals surface area contributed by atoms with E-state index in [1.54, 1.807) is 6.07 Å². The number of benzene rings is 4. The highest BCUT2D eigenvalue weighted by Gasteiger charge is 2.12. The second-order valence-electron chi connectivity index (χ2n) is 7.85. The molecule has 1 N–H and O–H groups in total. The zero-order valence-corrected chi connectivity index (χ0v) is 19.5. The molecule has 0 aliphatic carbocycles. The number of nitrogens with one attached hydrogen (secondary N) is 1. The van der Waals surface area contributed by atoms with Crippen molar-refractivity contribution in [2.45, 2.75) is 12.8 Å². The van der Waals surface area contributed by atoms with E-state index in [0.717, 1.165) is 45.5 Å². The van der Waals surface area contributed by atoms with E-state index in [0.29, 0.717) is 5.56 Å². The predicted octanol–water partition coefficient (Wildman–Crippen LogP) is 6.83. The van der Waals surface area contributed by atoms with Crippen LogP contribution in [0.25, 0.3) is 16.7 Å². The number of aromatic nitrogens is 2. The lowest BCUT2D eigenvalue weighted by molar-refractivity contribution is 0.102. The van der Waals surface area contributed by atoms with E-state index in [9.17, 15) is 4.79 Å².